The monoisotopic (exact) mass is 445 g/mol. The van der Waals surface area contributed by atoms with Gasteiger partial charge in [-0.15, -0.1) is 11.3 Å². The van der Waals surface area contributed by atoms with Crippen LogP contribution in [0.15, 0.2) is 47.8 Å². The van der Waals surface area contributed by atoms with Crippen LogP contribution in [0.3, 0.4) is 0 Å². The summed E-state index contributed by atoms with van der Waals surface area (Å²) in [6.45, 7) is 0.584. The van der Waals surface area contributed by atoms with Crippen LogP contribution in [0.1, 0.15) is 23.2 Å². The Balaban J connectivity index is 1.34. The number of carbonyl (C=O) groups is 2. The fourth-order valence-electron chi connectivity index (χ4n) is 3.50. The van der Waals surface area contributed by atoms with E-state index in [4.69, 9.17) is 0 Å². The maximum absolute atomic E-state index is 13.9. The van der Waals surface area contributed by atoms with Crippen LogP contribution in [-0.2, 0) is 4.79 Å². The average molecular weight is 445 g/mol. The lowest BCUT2D eigenvalue weighted by atomic mass is 9.95. The summed E-state index contributed by atoms with van der Waals surface area (Å²) >= 11 is 1.25. The number of nitrogens with zero attached hydrogens (tertiary/aromatic N) is 2. The third-order valence-corrected chi connectivity index (χ3v) is 5.93. The molecule has 0 spiro atoms. The summed E-state index contributed by atoms with van der Waals surface area (Å²) < 4.78 is 40.3. The zero-order chi connectivity index (χ0) is 22.0. The van der Waals surface area contributed by atoms with Gasteiger partial charge in [0.15, 0.2) is 5.13 Å². The number of thiazole rings is 1. The second-order valence-corrected chi connectivity index (χ2v) is 8.09. The van der Waals surface area contributed by atoms with Crippen LogP contribution in [0.5, 0.6) is 0 Å². The Bertz CT molecular complexity index is 1130. The van der Waals surface area contributed by atoms with Gasteiger partial charge in [-0.05, 0) is 37.1 Å². The predicted octanol–water partition coefficient (Wildman–Crippen LogP) is 4.72. The molecule has 1 aliphatic heterocycles. The minimum Gasteiger partial charge on any atom is -0.339 e. The van der Waals surface area contributed by atoms with Gasteiger partial charge >= 0.3 is 0 Å². The Hall–Kier alpha value is -3.20. The molecular formula is C22H18F3N3O2S. The third kappa shape index (κ3) is 4.77. The molecule has 0 radical (unpaired) electrons. The highest BCUT2D eigenvalue weighted by molar-refractivity contribution is 7.14. The van der Waals surface area contributed by atoms with Gasteiger partial charge in [-0.2, -0.15) is 0 Å². The Morgan fingerprint density at radius 1 is 1.03 bits per heavy atom. The van der Waals surface area contributed by atoms with Crippen molar-refractivity contribution >= 4 is 28.3 Å². The fraction of sp³-hybridized carbons (Fsp3) is 0.227. The van der Waals surface area contributed by atoms with Crippen molar-refractivity contribution in [2.75, 3.05) is 18.4 Å². The molecule has 1 aliphatic rings. The first-order chi connectivity index (χ1) is 14.9. The van der Waals surface area contributed by atoms with E-state index in [9.17, 15) is 22.8 Å². The minimum atomic E-state index is -0.900. The van der Waals surface area contributed by atoms with Crippen molar-refractivity contribution < 1.29 is 22.8 Å². The fourth-order valence-corrected chi connectivity index (χ4v) is 4.22. The maximum atomic E-state index is 13.9. The largest absolute Gasteiger partial charge is 0.339 e. The van der Waals surface area contributed by atoms with Gasteiger partial charge in [0.1, 0.15) is 17.5 Å². The first-order valence-corrected chi connectivity index (χ1v) is 10.6. The van der Waals surface area contributed by atoms with Crippen molar-refractivity contribution in [3.05, 3.63) is 70.9 Å². The van der Waals surface area contributed by atoms with Gasteiger partial charge in [0, 0.05) is 36.0 Å². The first-order valence-electron chi connectivity index (χ1n) is 9.67. The summed E-state index contributed by atoms with van der Waals surface area (Å²) in [5, 5.41) is 4.93. The van der Waals surface area contributed by atoms with E-state index in [0.717, 1.165) is 12.1 Å². The topological polar surface area (TPSA) is 62.3 Å². The third-order valence-electron chi connectivity index (χ3n) is 5.17. The highest BCUT2D eigenvalue weighted by Gasteiger charge is 2.29. The molecule has 3 aromatic rings. The second-order valence-electron chi connectivity index (χ2n) is 7.23. The van der Waals surface area contributed by atoms with Crippen molar-refractivity contribution in [2.45, 2.75) is 12.8 Å². The number of halogens is 3. The molecule has 2 amide bonds. The summed E-state index contributed by atoms with van der Waals surface area (Å²) in [5.74, 6) is -3.05. The van der Waals surface area contributed by atoms with Gasteiger partial charge in [-0.1, -0.05) is 12.1 Å². The van der Waals surface area contributed by atoms with Crippen LogP contribution >= 0.6 is 11.3 Å². The van der Waals surface area contributed by atoms with E-state index in [-0.39, 0.29) is 23.2 Å². The van der Waals surface area contributed by atoms with Gasteiger partial charge in [0.25, 0.3) is 5.91 Å². The maximum Gasteiger partial charge on any atom is 0.256 e. The van der Waals surface area contributed by atoms with Crippen LogP contribution in [0.25, 0.3) is 11.3 Å². The number of likely N-dealkylation sites (tertiary alicyclic amines) is 1. The summed E-state index contributed by atoms with van der Waals surface area (Å²) in [4.78, 5) is 30.9. The Morgan fingerprint density at radius 2 is 1.77 bits per heavy atom. The number of hydrogen-bond donors (Lipinski definition) is 1. The molecule has 1 aromatic heterocycles. The highest BCUT2D eigenvalue weighted by Crippen LogP contribution is 2.27. The molecule has 0 atom stereocenters. The SMILES string of the molecule is O=C(Nc1nc(-c2cccc(F)c2)cs1)C1CCN(C(=O)c2ccc(F)cc2F)CC1. The number of benzene rings is 2. The molecule has 1 N–H and O–H groups in total. The lowest BCUT2D eigenvalue weighted by Crippen LogP contribution is -2.41. The van der Waals surface area contributed by atoms with Crippen molar-refractivity contribution in [1.29, 1.82) is 0 Å². The number of rotatable bonds is 4. The highest BCUT2D eigenvalue weighted by atomic mass is 32.1. The molecule has 2 heterocycles. The van der Waals surface area contributed by atoms with Crippen molar-refractivity contribution in [3.63, 3.8) is 0 Å². The molecule has 2 aromatic carbocycles. The number of aromatic nitrogens is 1. The first kappa shape index (κ1) is 21.0. The average Bonchev–Trinajstić information content (AvgIpc) is 3.22. The summed E-state index contributed by atoms with van der Waals surface area (Å²) in [5.41, 5.74) is 1.01. The van der Waals surface area contributed by atoms with E-state index in [1.165, 1.54) is 28.4 Å². The molecule has 1 fully saturated rings. The molecule has 4 rings (SSSR count). The molecule has 0 unspecified atom stereocenters. The Labute approximate surface area is 180 Å². The number of piperidine rings is 1. The normalized spacial score (nSPS) is 14.5. The molecular weight excluding hydrogens is 427 g/mol. The Morgan fingerprint density at radius 3 is 2.48 bits per heavy atom. The summed E-state index contributed by atoms with van der Waals surface area (Å²) in [6.07, 6.45) is 0.838. The number of amides is 2. The molecule has 1 saturated heterocycles. The van der Waals surface area contributed by atoms with Crippen molar-refractivity contribution in [2.24, 2.45) is 5.92 Å². The van der Waals surface area contributed by atoms with Crippen LogP contribution in [-0.4, -0.2) is 34.8 Å². The second kappa shape index (κ2) is 8.89. The van der Waals surface area contributed by atoms with Gasteiger partial charge in [-0.25, -0.2) is 18.2 Å². The lowest BCUT2D eigenvalue weighted by Gasteiger charge is -2.31. The molecule has 0 bridgehead atoms. The molecule has 5 nitrogen and oxygen atoms in total. The van der Waals surface area contributed by atoms with Gasteiger partial charge < -0.3 is 10.2 Å². The lowest BCUT2D eigenvalue weighted by molar-refractivity contribution is -0.121. The van der Waals surface area contributed by atoms with Gasteiger partial charge in [-0.3, -0.25) is 9.59 Å². The van der Waals surface area contributed by atoms with E-state index in [0.29, 0.717) is 48.4 Å². The molecule has 9 heteroatoms. The van der Waals surface area contributed by atoms with Crippen molar-refractivity contribution in [1.82, 2.24) is 9.88 Å². The van der Waals surface area contributed by atoms with E-state index >= 15 is 0 Å². The number of anilines is 1. The zero-order valence-electron chi connectivity index (χ0n) is 16.3. The van der Waals surface area contributed by atoms with Crippen LogP contribution in [0.4, 0.5) is 18.3 Å². The standard InChI is InChI=1S/C22H18F3N3O2S/c23-15-3-1-2-14(10-15)19-12-31-22(26-19)27-20(29)13-6-8-28(9-7-13)21(30)17-5-4-16(24)11-18(17)25/h1-5,10-13H,6-9H2,(H,26,27,29). The number of carbonyl (C=O) groups excluding carboxylic acids is 2. The minimum absolute atomic E-state index is 0.183. The van der Waals surface area contributed by atoms with Gasteiger partial charge in [0.05, 0.1) is 11.3 Å². The Kier molecular flexibility index (Phi) is 6.03. The van der Waals surface area contributed by atoms with Crippen LogP contribution < -0.4 is 5.32 Å². The van der Waals surface area contributed by atoms with E-state index in [1.807, 2.05) is 0 Å². The van der Waals surface area contributed by atoms with Gasteiger partial charge in [0.2, 0.25) is 5.91 Å². The van der Waals surface area contributed by atoms with E-state index in [1.54, 1.807) is 17.5 Å². The smallest absolute Gasteiger partial charge is 0.256 e. The molecule has 0 aliphatic carbocycles. The van der Waals surface area contributed by atoms with Crippen LogP contribution in [0, 0.1) is 23.4 Å². The summed E-state index contributed by atoms with van der Waals surface area (Å²) in [6, 6.07) is 8.90. The van der Waals surface area contributed by atoms with E-state index in [2.05, 4.69) is 10.3 Å². The quantitative estimate of drug-likeness (QED) is 0.632. The van der Waals surface area contributed by atoms with Crippen molar-refractivity contribution in [3.8, 4) is 11.3 Å². The van der Waals surface area contributed by atoms with E-state index < -0.39 is 17.5 Å². The molecule has 0 saturated carbocycles. The number of hydrogen-bond acceptors (Lipinski definition) is 4. The zero-order valence-corrected chi connectivity index (χ0v) is 17.1. The number of nitrogens with one attached hydrogen (secondary N) is 1. The summed E-state index contributed by atoms with van der Waals surface area (Å²) in [7, 11) is 0. The predicted molar refractivity (Wildman–Crippen MR) is 111 cm³/mol. The molecule has 31 heavy (non-hydrogen) atoms. The van der Waals surface area contributed by atoms with Crippen LogP contribution in [0.2, 0.25) is 0 Å². The molecule has 160 valence electrons.